The van der Waals surface area contributed by atoms with E-state index in [9.17, 15) is 0 Å². The molecule has 30 heavy (non-hydrogen) atoms. The van der Waals surface area contributed by atoms with Gasteiger partial charge in [0, 0.05) is 36.1 Å². The van der Waals surface area contributed by atoms with Gasteiger partial charge in [-0.2, -0.15) is 5.10 Å². The van der Waals surface area contributed by atoms with Crippen LogP contribution in [-0.2, 0) is 0 Å². The van der Waals surface area contributed by atoms with Crippen LogP contribution in [0.25, 0.3) is 10.8 Å². The van der Waals surface area contributed by atoms with Gasteiger partial charge < -0.3 is 15.1 Å². The molecule has 4 rings (SSSR count). The normalized spacial score (nSPS) is 17.7. The highest BCUT2D eigenvalue weighted by Crippen LogP contribution is 2.31. The highest BCUT2D eigenvalue weighted by Gasteiger charge is 2.25. The first-order valence-electron chi connectivity index (χ1n) is 10.7. The summed E-state index contributed by atoms with van der Waals surface area (Å²) in [6.45, 7) is 10.5. The molecule has 3 heterocycles. The Morgan fingerprint density at radius 3 is 2.67 bits per heavy atom. The Balaban J connectivity index is 1.68. The molecular formula is C24H32N6. The first kappa shape index (κ1) is 20.5. The molecule has 2 aromatic heterocycles. The molecule has 3 aromatic rings. The molecule has 6 heteroatoms. The summed E-state index contributed by atoms with van der Waals surface area (Å²) in [6.07, 6.45) is 3.11. The maximum absolute atomic E-state index is 4.76. The van der Waals surface area contributed by atoms with E-state index < -0.39 is 0 Å². The van der Waals surface area contributed by atoms with Crippen LogP contribution in [0, 0.1) is 20.8 Å². The summed E-state index contributed by atoms with van der Waals surface area (Å²) in [5, 5.41) is 14.6. The van der Waals surface area contributed by atoms with Gasteiger partial charge in [-0.05, 0) is 71.0 Å². The van der Waals surface area contributed by atoms with Gasteiger partial charge in [-0.3, -0.25) is 0 Å². The van der Waals surface area contributed by atoms with Gasteiger partial charge in [0.2, 0.25) is 0 Å². The lowest BCUT2D eigenvalue weighted by Crippen LogP contribution is -2.31. The predicted molar refractivity (Wildman–Crippen MR) is 124 cm³/mol. The van der Waals surface area contributed by atoms with Crippen molar-refractivity contribution in [3.05, 3.63) is 52.8 Å². The number of pyridine rings is 1. The van der Waals surface area contributed by atoms with Crippen LogP contribution < -0.4 is 10.2 Å². The van der Waals surface area contributed by atoms with Gasteiger partial charge >= 0.3 is 0 Å². The molecular weight excluding hydrogens is 372 g/mol. The number of aromatic nitrogens is 3. The third-order valence-corrected chi connectivity index (χ3v) is 6.52. The van der Waals surface area contributed by atoms with Crippen LogP contribution in [0.3, 0.4) is 0 Å². The number of fused-ring (bicyclic) bond motifs is 1. The molecule has 0 amide bonds. The average Bonchev–Trinajstić information content (AvgIpc) is 3.22. The molecule has 1 fully saturated rings. The van der Waals surface area contributed by atoms with Gasteiger partial charge in [0.05, 0.1) is 11.7 Å². The second-order valence-electron chi connectivity index (χ2n) is 8.73. The molecule has 0 bridgehead atoms. The first-order valence-corrected chi connectivity index (χ1v) is 10.7. The topological polar surface area (TPSA) is 57.2 Å². The van der Waals surface area contributed by atoms with Gasteiger partial charge in [0.1, 0.15) is 5.82 Å². The summed E-state index contributed by atoms with van der Waals surface area (Å²) in [7, 11) is 4.30. The molecule has 6 nitrogen and oxygen atoms in total. The van der Waals surface area contributed by atoms with Gasteiger partial charge in [0.25, 0.3) is 0 Å². The van der Waals surface area contributed by atoms with Crippen LogP contribution in [0.15, 0.2) is 30.5 Å². The number of benzene rings is 1. The standard InChI is InChI=1S/C24H32N6/c1-15-8-7-9-20(16(15)2)17(3)26-24-21-12-23(25-13-22(21)18(4)27-28-24)30-11-10-19(14-30)29(5)6/h7-9,12-13,17,19H,10-11,14H2,1-6H3,(H,26,28)/t17-,19-/m1/s1. The van der Waals surface area contributed by atoms with Gasteiger partial charge in [-0.15, -0.1) is 5.10 Å². The Labute approximate surface area is 179 Å². The molecule has 1 aromatic carbocycles. The first-order chi connectivity index (χ1) is 14.3. The zero-order chi connectivity index (χ0) is 21.4. The molecule has 1 N–H and O–H groups in total. The van der Waals surface area contributed by atoms with E-state index in [1.54, 1.807) is 0 Å². The average molecular weight is 405 g/mol. The molecule has 1 saturated heterocycles. The van der Waals surface area contributed by atoms with E-state index in [2.05, 4.69) is 84.4 Å². The van der Waals surface area contributed by atoms with Gasteiger partial charge in [0.15, 0.2) is 5.82 Å². The molecule has 2 atom stereocenters. The Hall–Kier alpha value is -2.73. The number of anilines is 2. The maximum Gasteiger partial charge on any atom is 0.157 e. The van der Waals surface area contributed by atoms with Gasteiger partial charge in [-0.25, -0.2) is 4.98 Å². The van der Waals surface area contributed by atoms with Crippen molar-refractivity contribution in [3.63, 3.8) is 0 Å². The highest BCUT2D eigenvalue weighted by atomic mass is 15.3. The fourth-order valence-electron chi connectivity index (χ4n) is 4.34. The van der Waals surface area contributed by atoms with Crippen LogP contribution in [0.2, 0.25) is 0 Å². The molecule has 0 aliphatic carbocycles. The third kappa shape index (κ3) is 3.84. The molecule has 158 valence electrons. The lowest BCUT2D eigenvalue weighted by molar-refractivity contribution is 0.315. The van der Waals surface area contributed by atoms with Crippen molar-refractivity contribution >= 4 is 22.4 Å². The Morgan fingerprint density at radius 2 is 1.93 bits per heavy atom. The van der Waals surface area contributed by atoms with Crippen LogP contribution in [0.5, 0.6) is 0 Å². The minimum Gasteiger partial charge on any atom is -0.362 e. The number of rotatable bonds is 5. The number of hydrogen-bond acceptors (Lipinski definition) is 6. The number of likely N-dealkylation sites (N-methyl/N-ethyl adjacent to an activating group) is 1. The number of nitrogens with one attached hydrogen (secondary N) is 1. The molecule has 1 aliphatic heterocycles. The minimum absolute atomic E-state index is 0.131. The summed E-state index contributed by atoms with van der Waals surface area (Å²) in [5.74, 6) is 1.83. The lowest BCUT2D eigenvalue weighted by Gasteiger charge is -2.22. The van der Waals surface area contributed by atoms with Crippen LogP contribution in [0.1, 0.15) is 41.8 Å². The SMILES string of the molecule is Cc1cccc([C@@H](C)Nc2nnc(C)c3cnc(N4CC[C@@H](N(C)C)C4)cc23)c1C. The second kappa shape index (κ2) is 8.19. The van der Waals surface area contributed by atoms with E-state index in [0.29, 0.717) is 6.04 Å². The smallest absolute Gasteiger partial charge is 0.157 e. The Kier molecular flexibility index (Phi) is 5.60. The predicted octanol–water partition coefficient (Wildman–Crippen LogP) is 4.26. The van der Waals surface area contributed by atoms with E-state index >= 15 is 0 Å². The summed E-state index contributed by atoms with van der Waals surface area (Å²) in [6, 6.07) is 9.33. The van der Waals surface area contributed by atoms with Crippen LogP contribution in [-0.4, -0.2) is 53.3 Å². The van der Waals surface area contributed by atoms with E-state index in [0.717, 1.165) is 47.6 Å². The Bertz CT molecular complexity index is 1060. The Morgan fingerprint density at radius 1 is 1.13 bits per heavy atom. The number of aryl methyl sites for hydroxylation is 2. The lowest BCUT2D eigenvalue weighted by atomic mass is 9.98. The number of nitrogens with zero attached hydrogens (tertiary/aromatic N) is 5. The quantitative estimate of drug-likeness (QED) is 0.686. The third-order valence-electron chi connectivity index (χ3n) is 6.52. The summed E-state index contributed by atoms with van der Waals surface area (Å²) < 4.78 is 0. The van der Waals surface area contributed by atoms with Crippen LogP contribution >= 0.6 is 0 Å². The van der Waals surface area contributed by atoms with Crippen molar-refractivity contribution < 1.29 is 0 Å². The maximum atomic E-state index is 4.76. The van der Waals surface area contributed by atoms with Crippen molar-refractivity contribution in [1.82, 2.24) is 20.1 Å². The van der Waals surface area contributed by atoms with Crippen LogP contribution in [0.4, 0.5) is 11.6 Å². The van der Waals surface area contributed by atoms with Crippen molar-refractivity contribution in [3.8, 4) is 0 Å². The molecule has 0 spiro atoms. The van der Waals surface area contributed by atoms with Crippen molar-refractivity contribution in [2.45, 2.75) is 46.2 Å². The van der Waals surface area contributed by atoms with Crippen molar-refractivity contribution in [1.29, 1.82) is 0 Å². The van der Waals surface area contributed by atoms with Crippen molar-refractivity contribution in [2.75, 3.05) is 37.4 Å². The van der Waals surface area contributed by atoms with E-state index in [-0.39, 0.29) is 6.04 Å². The monoisotopic (exact) mass is 404 g/mol. The second-order valence-corrected chi connectivity index (χ2v) is 8.73. The molecule has 1 aliphatic rings. The highest BCUT2D eigenvalue weighted by molar-refractivity contribution is 5.94. The zero-order valence-electron chi connectivity index (χ0n) is 18.9. The van der Waals surface area contributed by atoms with E-state index in [1.807, 2.05) is 13.1 Å². The minimum atomic E-state index is 0.131. The number of hydrogen-bond donors (Lipinski definition) is 1. The van der Waals surface area contributed by atoms with Crippen molar-refractivity contribution in [2.24, 2.45) is 0 Å². The van der Waals surface area contributed by atoms with E-state index in [4.69, 9.17) is 4.98 Å². The van der Waals surface area contributed by atoms with Gasteiger partial charge in [-0.1, -0.05) is 18.2 Å². The summed E-state index contributed by atoms with van der Waals surface area (Å²) in [4.78, 5) is 9.43. The summed E-state index contributed by atoms with van der Waals surface area (Å²) >= 11 is 0. The summed E-state index contributed by atoms with van der Waals surface area (Å²) in [5.41, 5.74) is 4.81. The molecule has 0 radical (unpaired) electrons. The largest absolute Gasteiger partial charge is 0.362 e. The molecule has 0 saturated carbocycles. The molecule has 0 unspecified atom stereocenters. The van der Waals surface area contributed by atoms with E-state index in [1.165, 1.54) is 16.7 Å². The zero-order valence-corrected chi connectivity index (χ0v) is 18.9. The fraction of sp³-hybridized carbons (Fsp3) is 0.458. The fourth-order valence-corrected chi connectivity index (χ4v) is 4.34.